The minimum atomic E-state index is -1.91. The average molecular weight is 481 g/mol. The lowest BCUT2D eigenvalue weighted by molar-refractivity contribution is -0.125. The molecule has 1 atom stereocenters. The van der Waals surface area contributed by atoms with Crippen LogP contribution in [0.3, 0.4) is 0 Å². The van der Waals surface area contributed by atoms with Gasteiger partial charge in [-0.25, -0.2) is 0 Å². The molecule has 35 heavy (non-hydrogen) atoms. The maximum Gasteiger partial charge on any atom is 0.259 e. The number of fused-ring (bicyclic) bond motifs is 1. The maximum atomic E-state index is 14.1. The molecule has 0 spiro atoms. The second-order valence-corrected chi connectivity index (χ2v) is 8.67. The number of Topliss-reactive ketones (excluding diaryl/α,β-unsaturated/α-hetero) is 1. The molecule has 0 aromatic heterocycles. The van der Waals surface area contributed by atoms with Crippen molar-refractivity contribution in [3.05, 3.63) is 136 Å². The van der Waals surface area contributed by atoms with E-state index in [4.69, 9.17) is 11.6 Å². The van der Waals surface area contributed by atoms with Crippen LogP contribution >= 0.6 is 11.6 Å². The number of nitrogens with zero attached hydrogens (tertiary/aromatic N) is 1. The molecule has 4 aromatic carbocycles. The highest BCUT2D eigenvalue weighted by Crippen LogP contribution is 2.46. The zero-order valence-electron chi connectivity index (χ0n) is 18.6. The first-order valence-electron chi connectivity index (χ1n) is 11.1. The van der Waals surface area contributed by atoms with Crippen LogP contribution in [0.5, 0.6) is 0 Å². The van der Waals surface area contributed by atoms with Gasteiger partial charge in [0.05, 0.1) is 5.69 Å². The van der Waals surface area contributed by atoms with Gasteiger partial charge in [0, 0.05) is 22.7 Å². The van der Waals surface area contributed by atoms with Crippen LogP contribution in [0.1, 0.15) is 31.8 Å². The molecule has 0 aliphatic carbocycles. The van der Waals surface area contributed by atoms with Crippen LogP contribution in [-0.2, 0) is 16.9 Å². The molecule has 6 heteroatoms. The van der Waals surface area contributed by atoms with E-state index >= 15 is 0 Å². The van der Waals surface area contributed by atoms with Gasteiger partial charge in [-0.2, -0.15) is 0 Å². The number of carbonyl (C=O) groups excluding carboxylic acids is 3. The first-order valence-corrected chi connectivity index (χ1v) is 11.5. The van der Waals surface area contributed by atoms with Crippen molar-refractivity contribution in [1.29, 1.82) is 0 Å². The van der Waals surface area contributed by atoms with Crippen LogP contribution in [-0.4, -0.2) is 17.6 Å². The number of carbonyl (C=O) groups is 3. The highest BCUT2D eigenvalue weighted by atomic mass is 35.5. The van der Waals surface area contributed by atoms with Crippen LogP contribution < -0.4 is 10.2 Å². The topological polar surface area (TPSA) is 66.5 Å². The predicted molar refractivity (Wildman–Crippen MR) is 135 cm³/mol. The number of benzene rings is 4. The van der Waals surface area contributed by atoms with Crippen molar-refractivity contribution in [2.24, 2.45) is 0 Å². The predicted octanol–water partition coefficient (Wildman–Crippen LogP) is 5.40. The van der Waals surface area contributed by atoms with E-state index in [0.717, 1.165) is 5.56 Å². The van der Waals surface area contributed by atoms with Crippen molar-refractivity contribution >= 4 is 34.9 Å². The minimum Gasteiger partial charge on any atom is -0.349 e. The molecule has 4 aromatic rings. The van der Waals surface area contributed by atoms with Crippen molar-refractivity contribution < 1.29 is 14.4 Å². The van der Waals surface area contributed by atoms with Crippen LogP contribution in [0.2, 0.25) is 5.02 Å². The summed E-state index contributed by atoms with van der Waals surface area (Å²) in [6, 6.07) is 31.3. The van der Waals surface area contributed by atoms with E-state index in [1.54, 1.807) is 78.9 Å². The van der Waals surface area contributed by atoms with Crippen molar-refractivity contribution in [3.63, 3.8) is 0 Å². The number of rotatable bonds is 5. The lowest BCUT2D eigenvalue weighted by Gasteiger charge is -2.36. The molecule has 172 valence electrons. The SMILES string of the molecule is O=C(c1ccc(Cl)cc1)N1c2ccccc2C(=O)C1(C(=O)NCc1ccccc1)c1ccccc1. The molecule has 1 unspecified atom stereocenters. The zero-order valence-corrected chi connectivity index (χ0v) is 19.4. The second-order valence-electron chi connectivity index (χ2n) is 8.24. The summed E-state index contributed by atoms with van der Waals surface area (Å²) < 4.78 is 0. The minimum absolute atomic E-state index is 0.209. The van der Waals surface area contributed by atoms with Crippen molar-refractivity contribution in [3.8, 4) is 0 Å². The van der Waals surface area contributed by atoms with Crippen LogP contribution in [0.4, 0.5) is 5.69 Å². The van der Waals surface area contributed by atoms with Gasteiger partial charge < -0.3 is 5.32 Å². The van der Waals surface area contributed by atoms with Gasteiger partial charge in [-0.3, -0.25) is 19.3 Å². The van der Waals surface area contributed by atoms with Crippen molar-refractivity contribution in [1.82, 2.24) is 5.32 Å². The Morgan fingerprint density at radius 2 is 1.37 bits per heavy atom. The molecule has 0 saturated carbocycles. The van der Waals surface area contributed by atoms with E-state index in [1.807, 2.05) is 30.3 Å². The van der Waals surface area contributed by atoms with E-state index < -0.39 is 23.1 Å². The summed E-state index contributed by atoms with van der Waals surface area (Å²) in [5, 5.41) is 3.40. The van der Waals surface area contributed by atoms with Gasteiger partial charge in [-0.05, 0) is 47.5 Å². The summed E-state index contributed by atoms with van der Waals surface area (Å²) in [6.07, 6.45) is 0. The van der Waals surface area contributed by atoms with Gasteiger partial charge in [0.15, 0.2) is 0 Å². The van der Waals surface area contributed by atoms with Gasteiger partial charge in [0.2, 0.25) is 11.3 Å². The van der Waals surface area contributed by atoms with Crippen molar-refractivity contribution in [2.75, 3.05) is 4.90 Å². The quantitative estimate of drug-likeness (QED) is 0.389. The summed E-state index contributed by atoms with van der Waals surface area (Å²) in [7, 11) is 0. The van der Waals surface area contributed by atoms with E-state index in [-0.39, 0.29) is 6.54 Å². The molecule has 0 bridgehead atoms. The first-order chi connectivity index (χ1) is 17.0. The third kappa shape index (κ3) is 3.80. The van der Waals surface area contributed by atoms with Crippen molar-refractivity contribution in [2.45, 2.75) is 12.1 Å². The monoisotopic (exact) mass is 480 g/mol. The smallest absolute Gasteiger partial charge is 0.259 e. The molecule has 2 amide bonds. The van der Waals surface area contributed by atoms with Gasteiger partial charge >= 0.3 is 0 Å². The summed E-state index contributed by atoms with van der Waals surface area (Å²) in [5.41, 5.74) is 0.396. The second kappa shape index (κ2) is 9.20. The molecular formula is C29H21ClN2O3. The Kier molecular flexibility index (Phi) is 5.93. The molecule has 5 rings (SSSR count). The molecule has 1 aliphatic rings. The Hall–Kier alpha value is -4.22. The Morgan fingerprint density at radius 1 is 0.771 bits per heavy atom. The Balaban J connectivity index is 1.68. The lowest BCUT2D eigenvalue weighted by atomic mass is 9.83. The third-order valence-electron chi connectivity index (χ3n) is 6.16. The van der Waals surface area contributed by atoms with E-state index in [2.05, 4.69) is 5.32 Å². The van der Waals surface area contributed by atoms with E-state index in [0.29, 0.717) is 27.4 Å². The van der Waals surface area contributed by atoms with Crippen LogP contribution in [0.15, 0.2) is 109 Å². The normalized spacial score (nSPS) is 16.6. The number of hydrogen-bond donors (Lipinski definition) is 1. The average Bonchev–Trinajstić information content (AvgIpc) is 3.18. The molecule has 0 radical (unpaired) electrons. The maximum absolute atomic E-state index is 14.1. The molecule has 1 N–H and O–H groups in total. The third-order valence-corrected chi connectivity index (χ3v) is 6.42. The highest BCUT2D eigenvalue weighted by molar-refractivity contribution is 6.33. The summed E-state index contributed by atoms with van der Waals surface area (Å²) in [5.74, 6) is -1.50. The van der Waals surface area contributed by atoms with E-state index in [1.165, 1.54) is 4.90 Å². The Morgan fingerprint density at radius 3 is 2.06 bits per heavy atom. The summed E-state index contributed by atoms with van der Waals surface area (Å²) >= 11 is 6.04. The zero-order chi connectivity index (χ0) is 24.4. The molecule has 1 heterocycles. The summed E-state index contributed by atoms with van der Waals surface area (Å²) in [4.78, 5) is 43.5. The standard InChI is InChI=1S/C29H21ClN2O3/c30-23-17-15-21(16-18-23)27(34)32-25-14-8-7-13-24(25)26(33)29(32,22-11-5-2-6-12-22)28(35)31-19-20-9-3-1-4-10-20/h1-18H,19H2,(H,31,35). The number of ketones is 1. The largest absolute Gasteiger partial charge is 0.349 e. The number of hydrogen-bond acceptors (Lipinski definition) is 3. The number of para-hydroxylation sites is 1. The fourth-order valence-electron chi connectivity index (χ4n) is 4.50. The van der Waals surface area contributed by atoms with Gasteiger partial charge in [0.25, 0.3) is 11.8 Å². The lowest BCUT2D eigenvalue weighted by Crippen LogP contribution is -2.60. The van der Waals surface area contributed by atoms with E-state index in [9.17, 15) is 14.4 Å². The molecule has 0 saturated heterocycles. The fourth-order valence-corrected chi connectivity index (χ4v) is 4.63. The molecular weight excluding hydrogens is 460 g/mol. The Bertz CT molecular complexity index is 1410. The van der Waals surface area contributed by atoms with Gasteiger partial charge in [-0.15, -0.1) is 0 Å². The summed E-state index contributed by atoms with van der Waals surface area (Å²) in [6.45, 7) is 0.209. The van der Waals surface area contributed by atoms with Crippen LogP contribution in [0.25, 0.3) is 0 Å². The molecule has 0 fully saturated rings. The fraction of sp³-hybridized carbons (Fsp3) is 0.0690. The Labute approximate surface area is 208 Å². The highest BCUT2D eigenvalue weighted by Gasteiger charge is 2.60. The van der Waals surface area contributed by atoms with Gasteiger partial charge in [0.1, 0.15) is 0 Å². The number of anilines is 1. The first kappa shape index (κ1) is 22.6. The van der Waals surface area contributed by atoms with Crippen LogP contribution in [0, 0.1) is 0 Å². The molecule has 1 aliphatic heterocycles. The number of halogens is 1. The van der Waals surface area contributed by atoms with Gasteiger partial charge in [-0.1, -0.05) is 84.4 Å². The molecule has 5 nitrogen and oxygen atoms in total. The number of nitrogens with one attached hydrogen (secondary N) is 1. The number of amides is 2.